The molecule has 0 aliphatic rings. The molecule has 3 amide bonds. The smallest absolute Gasteiger partial charge is 0.326 e. The summed E-state index contributed by atoms with van der Waals surface area (Å²) in [7, 11) is 0. The van der Waals surface area contributed by atoms with Crippen LogP contribution in [0, 0.1) is 11.8 Å². The number of nitrogens with one attached hydrogen (secondary N) is 3. The lowest BCUT2D eigenvalue weighted by atomic mass is 10.00. The van der Waals surface area contributed by atoms with Crippen molar-refractivity contribution in [2.75, 3.05) is 6.54 Å². The highest BCUT2D eigenvalue weighted by atomic mass is 16.4. The maximum Gasteiger partial charge on any atom is 0.326 e. The van der Waals surface area contributed by atoms with Crippen molar-refractivity contribution in [3.05, 3.63) is 35.9 Å². The van der Waals surface area contributed by atoms with Gasteiger partial charge in [0.2, 0.25) is 17.7 Å². The Bertz CT molecular complexity index is 782. The number of carbonyl (C=O) groups excluding carboxylic acids is 3. The van der Waals surface area contributed by atoms with Crippen molar-refractivity contribution in [3.8, 4) is 0 Å². The molecule has 184 valence electrons. The molecule has 1 rings (SSSR count). The molecule has 0 spiro atoms. The van der Waals surface area contributed by atoms with E-state index in [0.717, 1.165) is 5.56 Å². The molecule has 0 unspecified atom stereocenters. The van der Waals surface area contributed by atoms with Gasteiger partial charge >= 0.3 is 5.97 Å². The normalized spacial score (nSPS) is 13.8. The summed E-state index contributed by atoms with van der Waals surface area (Å²) in [6.45, 7) is 7.74. The Morgan fingerprint density at radius 2 is 1.33 bits per heavy atom. The summed E-state index contributed by atoms with van der Waals surface area (Å²) in [6, 6.07) is 6.22. The minimum Gasteiger partial charge on any atom is -0.480 e. The molecule has 0 heterocycles. The molecule has 0 aliphatic heterocycles. The Kier molecular flexibility index (Phi) is 12.1. The van der Waals surface area contributed by atoms with E-state index < -0.39 is 35.9 Å². The Morgan fingerprint density at radius 3 is 1.85 bits per heavy atom. The summed E-state index contributed by atoms with van der Waals surface area (Å²) >= 11 is 0. The third-order valence-corrected chi connectivity index (χ3v) is 4.97. The maximum atomic E-state index is 13.1. The Morgan fingerprint density at radius 1 is 0.818 bits per heavy atom. The molecule has 0 bridgehead atoms. The zero-order valence-corrected chi connectivity index (χ0v) is 20.0. The predicted molar refractivity (Wildman–Crippen MR) is 126 cm³/mol. The second kappa shape index (κ2) is 14.3. The van der Waals surface area contributed by atoms with Gasteiger partial charge in [-0.25, -0.2) is 4.79 Å². The molecule has 1 aromatic carbocycles. The molecule has 1 aromatic rings. The molecule has 0 aromatic heterocycles. The molecule has 0 saturated carbocycles. The molecule has 3 atom stereocenters. The summed E-state index contributed by atoms with van der Waals surface area (Å²) in [5.74, 6) is -2.39. The number of carbonyl (C=O) groups is 4. The van der Waals surface area contributed by atoms with Crippen LogP contribution in [0.25, 0.3) is 0 Å². The van der Waals surface area contributed by atoms with Crippen molar-refractivity contribution in [2.24, 2.45) is 17.6 Å². The molecule has 0 saturated heterocycles. The lowest BCUT2D eigenvalue weighted by Gasteiger charge is -2.26. The fourth-order valence-corrected chi connectivity index (χ4v) is 3.40. The largest absolute Gasteiger partial charge is 0.480 e. The topological polar surface area (TPSA) is 151 Å². The van der Waals surface area contributed by atoms with Gasteiger partial charge in [0.05, 0.1) is 0 Å². The van der Waals surface area contributed by atoms with Gasteiger partial charge in [-0.15, -0.1) is 0 Å². The first-order valence-electron chi connectivity index (χ1n) is 11.4. The molecule has 6 N–H and O–H groups in total. The Balaban J connectivity index is 3.08. The van der Waals surface area contributed by atoms with Crippen molar-refractivity contribution in [1.82, 2.24) is 16.0 Å². The average molecular weight is 463 g/mol. The van der Waals surface area contributed by atoms with Crippen LogP contribution in [0.2, 0.25) is 0 Å². The molecule has 0 fully saturated rings. The van der Waals surface area contributed by atoms with Gasteiger partial charge in [0, 0.05) is 19.4 Å². The first-order chi connectivity index (χ1) is 15.5. The second-order valence-electron chi connectivity index (χ2n) is 9.07. The number of rotatable bonds is 14. The Labute approximate surface area is 195 Å². The average Bonchev–Trinajstić information content (AvgIpc) is 2.72. The van der Waals surface area contributed by atoms with Gasteiger partial charge in [0.1, 0.15) is 18.1 Å². The SMILES string of the molecule is CC(C)C[C@H](NC(=O)[C@H](Cc1ccccc1)NC(=O)[C@H](CC(C)C)NC(=O)CCN)C(=O)O. The fourth-order valence-electron chi connectivity index (χ4n) is 3.40. The highest BCUT2D eigenvalue weighted by Crippen LogP contribution is 2.10. The third-order valence-electron chi connectivity index (χ3n) is 4.97. The molecule has 0 aliphatic carbocycles. The van der Waals surface area contributed by atoms with Gasteiger partial charge in [-0.1, -0.05) is 58.0 Å². The summed E-state index contributed by atoms with van der Waals surface area (Å²) < 4.78 is 0. The molecular weight excluding hydrogens is 424 g/mol. The van der Waals surface area contributed by atoms with Crippen LogP contribution < -0.4 is 21.7 Å². The summed E-state index contributed by atoms with van der Waals surface area (Å²) in [4.78, 5) is 49.8. The van der Waals surface area contributed by atoms with E-state index in [2.05, 4.69) is 16.0 Å². The van der Waals surface area contributed by atoms with Crippen LogP contribution in [0.5, 0.6) is 0 Å². The summed E-state index contributed by atoms with van der Waals surface area (Å²) in [5, 5.41) is 17.5. The number of carboxylic acids is 1. The summed E-state index contributed by atoms with van der Waals surface area (Å²) in [6.07, 6.45) is 0.911. The van der Waals surface area contributed by atoms with E-state index in [4.69, 9.17) is 5.73 Å². The number of amides is 3. The van der Waals surface area contributed by atoms with Gasteiger partial charge < -0.3 is 26.8 Å². The molecule has 33 heavy (non-hydrogen) atoms. The van der Waals surface area contributed by atoms with E-state index in [1.165, 1.54) is 0 Å². The van der Waals surface area contributed by atoms with E-state index >= 15 is 0 Å². The fraction of sp³-hybridized carbons (Fsp3) is 0.583. The van der Waals surface area contributed by atoms with Gasteiger partial charge in [-0.2, -0.15) is 0 Å². The number of carboxylic acid groups (broad SMARTS) is 1. The van der Waals surface area contributed by atoms with Crippen molar-refractivity contribution in [2.45, 2.75) is 71.5 Å². The van der Waals surface area contributed by atoms with Crippen LogP contribution in [0.4, 0.5) is 0 Å². The van der Waals surface area contributed by atoms with E-state index in [1.54, 1.807) is 0 Å². The van der Waals surface area contributed by atoms with Crippen molar-refractivity contribution in [1.29, 1.82) is 0 Å². The third kappa shape index (κ3) is 11.0. The van der Waals surface area contributed by atoms with Crippen LogP contribution >= 0.6 is 0 Å². The van der Waals surface area contributed by atoms with E-state index in [1.807, 2.05) is 58.0 Å². The number of nitrogens with two attached hydrogens (primary N) is 1. The first-order valence-corrected chi connectivity index (χ1v) is 11.4. The van der Waals surface area contributed by atoms with Crippen LogP contribution in [-0.2, 0) is 25.6 Å². The van der Waals surface area contributed by atoms with Crippen molar-refractivity contribution < 1.29 is 24.3 Å². The van der Waals surface area contributed by atoms with Crippen LogP contribution in [0.3, 0.4) is 0 Å². The van der Waals surface area contributed by atoms with Gasteiger partial charge in [0.25, 0.3) is 0 Å². The lowest BCUT2D eigenvalue weighted by molar-refractivity contribution is -0.142. The Hall–Kier alpha value is -2.94. The predicted octanol–water partition coefficient (Wildman–Crippen LogP) is 1.21. The molecule has 9 heteroatoms. The van der Waals surface area contributed by atoms with Crippen LogP contribution in [-0.4, -0.2) is 53.5 Å². The van der Waals surface area contributed by atoms with E-state index in [9.17, 15) is 24.3 Å². The number of aliphatic carboxylic acids is 1. The lowest BCUT2D eigenvalue weighted by Crippen LogP contribution is -2.56. The highest BCUT2D eigenvalue weighted by Gasteiger charge is 2.30. The zero-order valence-electron chi connectivity index (χ0n) is 20.0. The molecular formula is C24H38N4O5. The van der Waals surface area contributed by atoms with Crippen LogP contribution in [0.1, 0.15) is 52.5 Å². The van der Waals surface area contributed by atoms with Gasteiger partial charge in [0.15, 0.2) is 0 Å². The number of hydrogen-bond acceptors (Lipinski definition) is 5. The van der Waals surface area contributed by atoms with Gasteiger partial charge in [-0.3, -0.25) is 14.4 Å². The first kappa shape index (κ1) is 28.1. The van der Waals surface area contributed by atoms with E-state index in [0.29, 0.717) is 6.42 Å². The minimum absolute atomic E-state index is 0.0572. The summed E-state index contributed by atoms with van der Waals surface area (Å²) in [5.41, 5.74) is 6.24. The van der Waals surface area contributed by atoms with Gasteiger partial charge in [-0.05, 0) is 30.2 Å². The maximum absolute atomic E-state index is 13.1. The van der Waals surface area contributed by atoms with Crippen LogP contribution in [0.15, 0.2) is 30.3 Å². The number of hydrogen-bond donors (Lipinski definition) is 5. The standard InChI is InChI=1S/C24H38N4O5/c1-15(2)12-18(26-21(29)10-11-25)22(30)27-19(14-17-8-6-5-7-9-17)23(31)28-20(24(32)33)13-16(3)4/h5-9,15-16,18-20H,10-14,25H2,1-4H3,(H,26,29)(H,27,30)(H,28,31)(H,32,33)/t18-,19-,20-/m0/s1. The molecule has 0 radical (unpaired) electrons. The van der Waals surface area contributed by atoms with Crippen molar-refractivity contribution >= 4 is 23.7 Å². The highest BCUT2D eigenvalue weighted by molar-refractivity contribution is 5.93. The quantitative estimate of drug-likeness (QED) is 0.280. The van der Waals surface area contributed by atoms with E-state index in [-0.39, 0.29) is 43.6 Å². The monoisotopic (exact) mass is 462 g/mol. The number of benzene rings is 1. The second-order valence-corrected chi connectivity index (χ2v) is 9.07. The van der Waals surface area contributed by atoms with Crippen molar-refractivity contribution in [3.63, 3.8) is 0 Å². The minimum atomic E-state index is -1.13. The molecule has 9 nitrogen and oxygen atoms in total. The zero-order chi connectivity index (χ0) is 25.0.